The zero-order valence-corrected chi connectivity index (χ0v) is 18.4. The van der Waals surface area contributed by atoms with Gasteiger partial charge in [0.15, 0.2) is 0 Å². The average Bonchev–Trinajstić information content (AvgIpc) is 2.75. The van der Waals surface area contributed by atoms with Crippen molar-refractivity contribution in [2.24, 2.45) is 0 Å². The summed E-state index contributed by atoms with van der Waals surface area (Å²) >= 11 is 0. The van der Waals surface area contributed by atoms with Gasteiger partial charge >= 0.3 is 6.36 Å². The summed E-state index contributed by atoms with van der Waals surface area (Å²) in [5, 5.41) is 0. The molecule has 3 rings (SSSR count). The van der Waals surface area contributed by atoms with Crippen LogP contribution in [0, 0.1) is 0 Å². The first-order chi connectivity index (χ1) is 15.1. The zero-order valence-electron chi connectivity index (χ0n) is 17.5. The molecule has 0 N–H and O–H groups in total. The molecule has 2 aromatic carbocycles. The van der Waals surface area contributed by atoms with E-state index in [1.807, 2.05) is 0 Å². The molecule has 0 radical (unpaired) electrons. The minimum absolute atomic E-state index is 0.185. The summed E-state index contributed by atoms with van der Waals surface area (Å²) in [5.74, 6) is 0.268. The highest BCUT2D eigenvalue weighted by atomic mass is 32.2. The van der Waals surface area contributed by atoms with Crippen LogP contribution in [0.3, 0.4) is 0 Å². The van der Waals surface area contributed by atoms with Gasteiger partial charge in [-0.1, -0.05) is 18.2 Å². The molecule has 1 aliphatic rings. The molecule has 1 saturated heterocycles. The highest BCUT2D eigenvalue weighted by molar-refractivity contribution is 7.89. The molecule has 2 aromatic rings. The normalized spacial score (nSPS) is 15.7. The van der Waals surface area contributed by atoms with Crippen LogP contribution in [-0.4, -0.2) is 70.5 Å². The van der Waals surface area contributed by atoms with E-state index in [-0.39, 0.29) is 23.8 Å². The van der Waals surface area contributed by atoms with E-state index in [4.69, 9.17) is 9.47 Å². The maximum atomic E-state index is 12.6. The zero-order chi connectivity index (χ0) is 23.2. The number of rotatable bonds is 9. The minimum Gasteiger partial charge on any atom is -0.492 e. The number of hydrogen-bond donors (Lipinski definition) is 0. The molecule has 0 spiro atoms. The van der Waals surface area contributed by atoms with Gasteiger partial charge in [0.2, 0.25) is 10.0 Å². The predicted octanol–water partition coefficient (Wildman–Crippen LogP) is 3.12. The van der Waals surface area contributed by atoms with Gasteiger partial charge < -0.3 is 14.2 Å². The number of ether oxygens (including phenoxy) is 3. The van der Waals surface area contributed by atoms with E-state index in [9.17, 15) is 21.6 Å². The van der Waals surface area contributed by atoms with Crippen molar-refractivity contribution in [3.05, 3.63) is 54.1 Å². The van der Waals surface area contributed by atoms with Gasteiger partial charge in [-0.3, -0.25) is 4.90 Å². The predicted molar refractivity (Wildman–Crippen MR) is 111 cm³/mol. The maximum absolute atomic E-state index is 12.6. The molecule has 176 valence electrons. The fourth-order valence-electron chi connectivity index (χ4n) is 3.19. The Bertz CT molecular complexity index is 978. The second-order valence-corrected chi connectivity index (χ2v) is 9.17. The number of sulfonamides is 1. The van der Waals surface area contributed by atoms with Gasteiger partial charge in [0.25, 0.3) is 0 Å². The molecular formula is C21H25F3N2O5S. The van der Waals surface area contributed by atoms with Crippen LogP contribution in [0.25, 0.3) is 0 Å². The van der Waals surface area contributed by atoms with Crippen LogP contribution in [0.15, 0.2) is 53.4 Å². The number of likely N-dealkylation sites (N-methyl/N-ethyl adjacent to an activating group) is 1. The summed E-state index contributed by atoms with van der Waals surface area (Å²) in [7, 11) is -1.81. The number of hydrogen-bond acceptors (Lipinski definition) is 6. The Hall–Kier alpha value is -2.34. The topological polar surface area (TPSA) is 68.3 Å². The molecule has 0 atom stereocenters. The van der Waals surface area contributed by atoms with Gasteiger partial charge in [0.05, 0.1) is 18.1 Å². The van der Waals surface area contributed by atoms with E-state index in [0.29, 0.717) is 44.2 Å². The Morgan fingerprint density at radius 2 is 1.72 bits per heavy atom. The molecule has 0 saturated carbocycles. The third kappa shape index (κ3) is 6.83. The molecule has 11 heteroatoms. The van der Waals surface area contributed by atoms with Crippen molar-refractivity contribution in [3.8, 4) is 11.5 Å². The smallest absolute Gasteiger partial charge is 0.492 e. The largest absolute Gasteiger partial charge is 0.573 e. The Labute approximate surface area is 185 Å². The van der Waals surface area contributed by atoms with Gasteiger partial charge in [-0.15, -0.1) is 13.2 Å². The van der Waals surface area contributed by atoms with Crippen LogP contribution < -0.4 is 9.47 Å². The SMILES string of the molecule is CN(CCOc1ccc(S(=O)(=O)N2CCOCC2)cc1)Cc1ccccc1OC(F)(F)F. The Morgan fingerprint density at radius 1 is 1.06 bits per heavy atom. The van der Waals surface area contributed by atoms with E-state index in [1.54, 1.807) is 36.2 Å². The Kier molecular flexibility index (Phi) is 7.99. The number of alkyl halides is 3. The van der Waals surface area contributed by atoms with Crippen molar-refractivity contribution in [2.75, 3.05) is 46.5 Å². The number of nitrogens with zero attached hydrogens (tertiary/aromatic N) is 2. The van der Waals surface area contributed by atoms with Gasteiger partial charge in [-0.25, -0.2) is 8.42 Å². The van der Waals surface area contributed by atoms with Crippen LogP contribution in [-0.2, 0) is 21.3 Å². The third-order valence-electron chi connectivity index (χ3n) is 4.81. The lowest BCUT2D eigenvalue weighted by Gasteiger charge is -2.26. The third-order valence-corrected chi connectivity index (χ3v) is 6.72. The maximum Gasteiger partial charge on any atom is 0.573 e. The molecule has 0 unspecified atom stereocenters. The first kappa shape index (κ1) is 24.3. The molecule has 32 heavy (non-hydrogen) atoms. The van der Waals surface area contributed by atoms with E-state index in [1.165, 1.54) is 28.6 Å². The number of halogens is 3. The lowest BCUT2D eigenvalue weighted by molar-refractivity contribution is -0.275. The lowest BCUT2D eigenvalue weighted by atomic mass is 10.2. The summed E-state index contributed by atoms with van der Waals surface area (Å²) in [6, 6.07) is 12.1. The van der Waals surface area contributed by atoms with Crippen LogP contribution in [0.5, 0.6) is 11.5 Å². The summed E-state index contributed by atoms with van der Waals surface area (Å²) in [6.45, 7) is 2.35. The first-order valence-corrected chi connectivity index (χ1v) is 11.4. The summed E-state index contributed by atoms with van der Waals surface area (Å²) < 4.78 is 79.2. The highest BCUT2D eigenvalue weighted by Gasteiger charge is 2.32. The van der Waals surface area contributed by atoms with Crippen molar-refractivity contribution in [3.63, 3.8) is 0 Å². The van der Waals surface area contributed by atoms with Crippen molar-refractivity contribution in [2.45, 2.75) is 17.8 Å². The summed E-state index contributed by atoms with van der Waals surface area (Å²) in [6.07, 6.45) is -4.75. The minimum atomic E-state index is -4.75. The van der Waals surface area contributed by atoms with E-state index in [2.05, 4.69) is 4.74 Å². The van der Waals surface area contributed by atoms with Gasteiger partial charge in [-0.2, -0.15) is 4.31 Å². The average molecular weight is 475 g/mol. The molecule has 1 aliphatic heterocycles. The molecule has 1 heterocycles. The van der Waals surface area contributed by atoms with Gasteiger partial charge in [-0.05, 0) is 37.4 Å². The van der Waals surface area contributed by atoms with E-state index < -0.39 is 16.4 Å². The standard InChI is InChI=1S/C21H25F3N2O5S/c1-25(16-17-4-2-3-5-20(17)31-21(22,23)24)10-15-30-18-6-8-19(9-7-18)32(27,28)26-11-13-29-14-12-26/h2-9H,10-16H2,1H3. The second kappa shape index (κ2) is 10.5. The van der Waals surface area contributed by atoms with Crippen LogP contribution in [0.1, 0.15) is 5.56 Å². The van der Waals surface area contributed by atoms with Crippen LogP contribution in [0.4, 0.5) is 13.2 Å². The lowest BCUT2D eigenvalue weighted by Crippen LogP contribution is -2.40. The van der Waals surface area contributed by atoms with Gasteiger partial charge in [0.1, 0.15) is 18.1 Å². The number of benzene rings is 2. The fraction of sp³-hybridized carbons (Fsp3) is 0.429. The monoisotopic (exact) mass is 474 g/mol. The van der Waals surface area contributed by atoms with Crippen LogP contribution in [0.2, 0.25) is 0 Å². The molecule has 1 fully saturated rings. The fourth-order valence-corrected chi connectivity index (χ4v) is 4.60. The number of morpholine rings is 1. The summed E-state index contributed by atoms with van der Waals surface area (Å²) in [5.41, 5.74) is 0.407. The molecule has 0 amide bonds. The van der Waals surface area contributed by atoms with Crippen molar-refractivity contribution in [1.29, 1.82) is 0 Å². The van der Waals surface area contributed by atoms with Crippen molar-refractivity contribution < 1.29 is 35.8 Å². The Balaban J connectivity index is 1.50. The highest BCUT2D eigenvalue weighted by Crippen LogP contribution is 2.27. The second-order valence-electron chi connectivity index (χ2n) is 7.23. The quantitative estimate of drug-likeness (QED) is 0.557. The van der Waals surface area contributed by atoms with Crippen LogP contribution >= 0.6 is 0 Å². The summed E-state index contributed by atoms with van der Waals surface area (Å²) in [4.78, 5) is 1.99. The van der Waals surface area contributed by atoms with E-state index in [0.717, 1.165) is 0 Å². The first-order valence-electron chi connectivity index (χ1n) is 9.98. The molecule has 0 bridgehead atoms. The molecule has 0 aromatic heterocycles. The van der Waals surface area contributed by atoms with Gasteiger partial charge in [0, 0.05) is 31.7 Å². The number of para-hydroxylation sites is 1. The van der Waals surface area contributed by atoms with E-state index >= 15 is 0 Å². The molecular weight excluding hydrogens is 449 g/mol. The molecule has 0 aliphatic carbocycles. The Morgan fingerprint density at radius 3 is 2.38 bits per heavy atom. The molecule has 7 nitrogen and oxygen atoms in total. The van der Waals surface area contributed by atoms with Crippen molar-refractivity contribution in [1.82, 2.24) is 9.21 Å². The van der Waals surface area contributed by atoms with Crippen molar-refractivity contribution >= 4 is 10.0 Å².